The van der Waals surface area contributed by atoms with Crippen LogP contribution in [0.3, 0.4) is 0 Å². The number of aromatic amines is 1. The van der Waals surface area contributed by atoms with Crippen LogP contribution in [0.2, 0.25) is 0 Å². The van der Waals surface area contributed by atoms with Gasteiger partial charge in [-0.15, -0.1) is 11.8 Å². The molecule has 1 atom stereocenters. The first-order chi connectivity index (χ1) is 14.3. The fourth-order valence-electron chi connectivity index (χ4n) is 4.10. The molecule has 3 rings (SSSR count). The first kappa shape index (κ1) is 21.9. The summed E-state index contributed by atoms with van der Waals surface area (Å²) >= 11 is 1.82. The summed E-state index contributed by atoms with van der Waals surface area (Å²) in [6, 6.07) is 19.3. The van der Waals surface area contributed by atoms with E-state index in [1.54, 1.807) is 0 Å². The number of nitrogens with zero attached hydrogens (tertiary/aromatic N) is 1. The van der Waals surface area contributed by atoms with Gasteiger partial charge in [-0.25, -0.2) is 0 Å². The Bertz CT molecular complexity index is 856. The van der Waals surface area contributed by atoms with Gasteiger partial charge in [-0.1, -0.05) is 62.4 Å². The summed E-state index contributed by atoms with van der Waals surface area (Å²) in [5.74, 6) is 0.728. The van der Waals surface area contributed by atoms with E-state index in [1.165, 1.54) is 40.6 Å². The molecule has 2 aromatic carbocycles. The van der Waals surface area contributed by atoms with Crippen LogP contribution in [0.15, 0.2) is 54.6 Å². The zero-order chi connectivity index (χ0) is 20.5. The molecular formula is C25H34N2OS. The predicted molar refractivity (Wildman–Crippen MR) is 127 cm³/mol. The van der Waals surface area contributed by atoms with Gasteiger partial charge in [-0.2, -0.15) is 0 Å². The fraction of sp³-hybridized carbons (Fsp3) is 0.440. The molecule has 1 heterocycles. The van der Waals surface area contributed by atoms with Crippen LogP contribution in [0.4, 0.5) is 0 Å². The van der Waals surface area contributed by atoms with Crippen LogP contribution in [0.1, 0.15) is 48.8 Å². The molecule has 0 fully saturated rings. The smallest absolute Gasteiger partial charge is 0.0701 e. The molecule has 3 aromatic rings. The third-order valence-corrected chi connectivity index (χ3v) is 6.60. The van der Waals surface area contributed by atoms with Crippen LogP contribution in [-0.4, -0.2) is 47.0 Å². The van der Waals surface area contributed by atoms with Crippen LogP contribution in [0.5, 0.6) is 0 Å². The highest BCUT2D eigenvalue weighted by molar-refractivity contribution is 7.99. The van der Waals surface area contributed by atoms with Crippen molar-refractivity contribution in [3.05, 3.63) is 71.4 Å². The van der Waals surface area contributed by atoms with Gasteiger partial charge in [0.25, 0.3) is 0 Å². The Labute approximate surface area is 179 Å². The van der Waals surface area contributed by atoms with E-state index in [0.29, 0.717) is 0 Å². The second-order valence-electron chi connectivity index (χ2n) is 7.54. The number of hydrogen-bond acceptors (Lipinski definition) is 3. The zero-order valence-corrected chi connectivity index (χ0v) is 18.5. The van der Waals surface area contributed by atoms with Crippen molar-refractivity contribution in [2.45, 2.75) is 38.4 Å². The Kier molecular flexibility index (Phi) is 8.66. The van der Waals surface area contributed by atoms with Gasteiger partial charge in [0.2, 0.25) is 0 Å². The highest BCUT2D eigenvalue weighted by Gasteiger charge is 2.22. The highest BCUT2D eigenvalue weighted by Crippen LogP contribution is 2.39. The lowest BCUT2D eigenvalue weighted by Crippen LogP contribution is -2.28. The summed E-state index contributed by atoms with van der Waals surface area (Å²) in [5, 5.41) is 11.0. The highest BCUT2D eigenvalue weighted by atomic mass is 32.2. The fourth-order valence-corrected chi connectivity index (χ4v) is 5.15. The topological polar surface area (TPSA) is 39.3 Å². The number of hydrogen-bond donors (Lipinski definition) is 2. The number of aliphatic hydroxyl groups is 1. The predicted octanol–water partition coefficient (Wildman–Crippen LogP) is 5.65. The minimum absolute atomic E-state index is 0.199. The Morgan fingerprint density at radius 1 is 0.931 bits per heavy atom. The zero-order valence-electron chi connectivity index (χ0n) is 17.7. The summed E-state index contributed by atoms with van der Waals surface area (Å²) in [4.78, 5) is 6.33. The molecule has 4 heteroatoms. The Morgan fingerprint density at radius 2 is 1.62 bits per heavy atom. The minimum Gasteiger partial charge on any atom is -0.396 e. The van der Waals surface area contributed by atoms with Gasteiger partial charge in [0, 0.05) is 28.9 Å². The molecule has 1 aromatic heterocycles. The van der Waals surface area contributed by atoms with Crippen molar-refractivity contribution in [3.63, 3.8) is 0 Å². The summed E-state index contributed by atoms with van der Waals surface area (Å²) in [6.07, 6.45) is 3.43. The Hall–Kier alpha value is -1.75. The molecule has 3 nitrogen and oxygen atoms in total. The number of nitrogens with one attached hydrogen (secondary N) is 1. The molecule has 0 radical (unpaired) electrons. The van der Waals surface area contributed by atoms with E-state index in [9.17, 15) is 5.11 Å². The van der Waals surface area contributed by atoms with Crippen LogP contribution in [-0.2, 0) is 6.42 Å². The first-order valence-corrected chi connectivity index (χ1v) is 11.9. The maximum atomic E-state index is 9.47. The Balaban J connectivity index is 1.98. The normalized spacial score (nSPS) is 12.7. The van der Waals surface area contributed by atoms with Crippen molar-refractivity contribution in [1.29, 1.82) is 0 Å². The number of para-hydroxylation sites is 1. The number of rotatable bonds is 12. The van der Waals surface area contributed by atoms with E-state index in [1.807, 2.05) is 11.8 Å². The van der Waals surface area contributed by atoms with E-state index in [2.05, 4.69) is 78.3 Å². The standard InChI is InChI=1S/C25H34N2OS/c1-3-15-27(16-4-2)17-14-22-21-12-8-9-13-23(21)26-24(22)25(29-19-18-28)20-10-6-5-7-11-20/h5-13,25-26,28H,3-4,14-19H2,1-2H3. The molecule has 2 N–H and O–H groups in total. The third kappa shape index (κ3) is 5.65. The lowest BCUT2D eigenvalue weighted by atomic mass is 10.0. The quantitative estimate of drug-likeness (QED) is 0.405. The van der Waals surface area contributed by atoms with Crippen LogP contribution in [0.25, 0.3) is 10.9 Å². The van der Waals surface area contributed by atoms with Gasteiger partial charge in [-0.3, -0.25) is 0 Å². The van der Waals surface area contributed by atoms with Crippen molar-refractivity contribution in [2.24, 2.45) is 0 Å². The van der Waals surface area contributed by atoms with Crippen molar-refractivity contribution >= 4 is 22.7 Å². The second-order valence-corrected chi connectivity index (χ2v) is 8.75. The first-order valence-electron chi connectivity index (χ1n) is 10.9. The molecule has 0 saturated heterocycles. The van der Waals surface area contributed by atoms with E-state index in [0.717, 1.165) is 31.8 Å². The summed E-state index contributed by atoms with van der Waals surface area (Å²) in [5.41, 5.74) is 5.22. The van der Waals surface area contributed by atoms with Crippen LogP contribution >= 0.6 is 11.8 Å². The maximum Gasteiger partial charge on any atom is 0.0701 e. The average molecular weight is 411 g/mol. The van der Waals surface area contributed by atoms with Gasteiger partial charge in [0.15, 0.2) is 0 Å². The number of H-pyrrole nitrogens is 1. The number of aliphatic hydroxyl groups excluding tert-OH is 1. The molecule has 0 amide bonds. The van der Waals surface area contributed by atoms with Gasteiger partial charge in [0.1, 0.15) is 0 Å². The molecule has 0 spiro atoms. The van der Waals surface area contributed by atoms with Crippen LogP contribution in [0, 0.1) is 0 Å². The Morgan fingerprint density at radius 3 is 2.31 bits per heavy atom. The molecule has 1 unspecified atom stereocenters. The van der Waals surface area contributed by atoms with Gasteiger partial charge >= 0.3 is 0 Å². The molecule has 0 aliphatic rings. The largest absolute Gasteiger partial charge is 0.396 e. The number of thioether (sulfide) groups is 1. The second kappa shape index (κ2) is 11.4. The molecule has 0 aliphatic heterocycles. The van der Waals surface area contributed by atoms with Crippen LogP contribution < -0.4 is 0 Å². The lowest BCUT2D eigenvalue weighted by Gasteiger charge is -2.22. The minimum atomic E-state index is 0.199. The SMILES string of the molecule is CCCN(CCC)CCc1c(C(SCCO)c2ccccc2)[nH]c2ccccc12. The summed E-state index contributed by atoms with van der Waals surface area (Å²) < 4.78 is 0. The average Bonchev–Trinajstić information content (AvgIpc) is 3.12. The van der Waals surface area contributed by atoms with E-state index < -0.39 is 0 Å². The van der Waals surface area contributed by atoms with Gasteiger partial charge < -0.3 is 15.0 Å². The molecule has 0 aliphatic carbocycles. The van der Waals surface area contributed by atoms with Gasteiger partial charge in [-0.05, 0) is 49.5 Å². The van der Waals surface area contributed by atoms with E-state index in [4.69, 9.17) is 0 Å². The van der Waals surface area contributed by atoms with Crippen molar-refractivity contribution < 1.29 is 5.11 Å². The third-order valence-electron chi connectivity index (χ3n) is 5.34. The monoisotopic (exact) mass is 410 g/mol. The van der Waals surface area contributed by atoms with Crippen molar-refractivity contribution in [1.82, 2.24) is 9.88 Å². The number of aromatic nitrogens is 1. The summed E-state index contributed by atoms with van der Waals surface area (Å²) in [6.45, 7) is 8.13. The molecule has 29 heavy (non-hydrogen) atoms. The van der Waals surface area contributed by atoms with E-state index >= 15 is 0 Å². The molecule has 0 bridgehead atoms. The maximum absolute atomic E-state index is 9.47. The molecule has 156 valence electrons. The molecular weight excluding hydrogens is 376 g/mol. The van der Waals surface area contributed by atoms with E-state index in [-0.39, 0.29) is 11.9 Å². The van der Waals surface area contributed by atoms with Crippen molar-refractivity contribution in [2.75, 3.05) is 32.0 Å². The lowest BCUT2D eigenvalue weighted by molar-refractivity contribution is 0.278. The number of fused-ring (bicyclic) bond motifs is 1. The summed E-state index contributed by atoms with van der Waals surface area (Å²) in [7, 11) is 0. The van der Waals surface area contributed by atoms with Gasteiger partial charge in [0.05, 0.1) is 11.9 Å². The van der Waals surface area contributed by atoms with Crippen molar-refractivity contribution in [3.8, 4) is 0 Å². The molecule has 0 saturated carbocycles. The number of benzene rings is 2.